The first-order chi connectivity index (χ1) is 10.9. The molecule has 118 valence electrons. The van der Waals surface area contributed by atoms with Crippen molar-refractivity contribution >= 4 is 35.1 Å². The van der Waals surface area contributed by atoms with Crippen LogP contribution in [0.3, 0.4) is 0 Å². The summed E-state index contributed by atoms with van der Waals surface area (Å²) in [6.07, 6.45) is 3.67. The number of halogens is 2. The number of benzene rings is 1. The van der Waals surface area contributed by atoms with E-state index in [0.717, 1.165) is 6.08 Å². The Morgan fingerprint density at radius 1 is 1.39 bits per heavy atom. The van der Waals surface area contributed by atoms with Crippen LogP contribution in [0.5, 0.6) is 5.75 Å². The fourth-order valence-electron chi connectivity index (χ4n) is 1.81. The number of aromatic hydroxyl groups is 1. The maximum absolute atomic E-state index is 13.4. The number of carbonyl (C=O) groups is 2. The van der Waals surface area contributed by atoms with Gasteiger partial charge in [-0.2, -0.15) is 0 Å². The molecular weight excluding hydrogens is 323 g/mol. The molecule has 0 saturated heterocycles. The summed E-state index contributed by atoms with van der Waals surface area (Å²) in [7, 11) is 0. The lowest BCUT2D eigenvalue weighted by molar-refractivity contribution is -0.114. The molecule has 2 aromatic rings. The van der Waals surface area contributed by atoms with Crippen LogP contribution in [0.15, 0.2) is 36.5 Å². The van der Waals surface area contributed by atoms with Gasteiger partial charge >= 0.3 is 0 Å². The molecule has 5 nitrogen and oxygen atoms in total. The summed E-state index contributed by atoms with van der Waals surface area (Å²) in [5.41, 5.74) is 0.117. The number of amides is 1. The Morgan fingerprint density at radius 2 is 2.13 bits per heavy atom. The van der Waals surface area contributed by atoms with E-state index in [2.05, 4.69) is 10.3 Å². The molecule has 7 heteroatoms. The summed E-state index contributed by atoms with van der Waals surface area (Å²) in [4.78, 5) is 26.9. The fraction of sp³-hybridized carbons (Fsp3) is 0.0625. The zero-order chi connectivity index (χ0) is 17.0. The number of phenolic OH excluding ortho intramolecular Hbond substituents is 1. The van der Waals surface area contributed by atoms with Gasteiger partial charge in [-0.1, -0.05) is 11.6 Å². The van der Waals surface area contributed by atoms with Crippen LogP contribution in [0.2, 0.25) is 5.02 Å². The number of carbonyl (C=O) groups excluding carboxylic acids is 2. The lowest BCUT2D eigenvalue weighted by Crippen LogP contribution is -2.07. The van der Waals surface area contributed by atoms with Crippen molar-refractivity contribution in [3.8, 4) is 5.75 Å². The number of hydrogen-bond donors (Lipinski definition) is 2. The van der Waals surface area contributed by atoms with Gasteiger partial charge in [0, 0.05) is 19.2 Å². The predicted octanol–water partition coefficient (Wildman–Crippen LogP) is 3.43. The Bertz CT molecular complexity index is 806. The zero-order valence-corrected chi connectivity index (χ0v) is 12.8. The molecule has 0 aliphatic carbocycles. The highest BCUT2D eigenvalue weighted by atomic mass is 35.5. The average Bonchev–Trinajstić information content (AvgIpc) is 2.49. The van der Waals surface area contributed by atoms with Crippen molar-refractivity contribution in [2.45, 2.75) is 6.92 Å². The lowest BCUT2D eigenvalue weighted by atomic mass is 10.1. The van der Waals surface area contributed by atoms with Crippen molar-refractivity contribution in [3.05, 3.63) is 58.6 Å². The van der Waals surface area contributed by atoms with Crippen molar-refractivity contribution in [3.63, 3.8) is 0 Å². The molecule has 23 heavy (non-hydrogen) atoms. The molecule has 0 radical (unpaired) electrons. The van der Waals surface area contributed by atoms with E-state index in [0.29, 0.717) is 0 Å². The van der Waals surface area contributed by atoms with E-state index in [-0.39, 0.29) is 33.6 Å². The molecule has 0 bridgehead atoms. The van der Waals surface area contributed by atoms with Gasteiger partial charge in [-0.15, -0.1) is 0 Å². The maximum Gasteiger partial charge on any atom is 0.221 e. The molecule has 0 unspecified atom stereocenters. The van der Waals surface area contributed by atoms with E-state index in [4.69, 9.17) is 11.6 Å². The third kappa shape index (κ3) is 4.14. The van der Waals surface area contributed by atoms with Gasteiger partial charge in [-0.05, 0) is 30.4 Å². The number of phenols is 1. The largest absolute Gasteiger partial charge is 0.507 e. The molecule has 2 N–H and O–H groups in total. The minimum atomic E-state index is -0.580. The Labute approximate surface area is 136 Å². The van der Waals surface area contributed by atoms with Crippen LogP contribution in [0.25, 0.3) is 6.08 Å². The molecule has 0 saturated carbocycles. The molecule has 2 rings (SSSR count). The average molecular weight is 335 g/mol. The van der Waals surface area contributed by atoms with Crippen molar-refractivity contribution in [1.29, 1.82) is 0 Å². The summed E-state index contributed by atoms with van der Waals surface area (Å²) in [5.74, 6) is -1.87. The first kappa shape index (κ1) is 16.6. The van der Waals surface area contributed by atoms with Gasteiger partial charge < -0.3 is 10.4 Å². The second-order valence-electron chi connectivity index (χ2n) is 4.60. The highest BCUT2D eigenvalue weighted by Crippen LogP contribution is 2.30. The predicted molar refractivity (Wildman–Crippen MR) is 85.0 cm³/mol. The van der Waals surface area contributed by atoms with Gasteiger partial charge in [0.25, 0.3) is 0 Å². The van der Waals surface area contributed by atoms with Crippen molar-refractivity contribution in [1.82, 2.24) is 4.98 Å². The summed E-state index contributed by atoms with van der Waals surface area (Å²) < 4.78 is 13.4. The lowest BCUT2D eigenvalue weighted by Gasteiger charge is -2.08. The topological polar surface area (TPSA) is 79.3 Å². The molecule has 1 aromatic carbocycles. The summed E-state index contributed by atoms with van der Waals surface area (Å²) in [6, 6.07) is 5.05. The number of nitrogens with one attached hydrogen (secondary N) is 1. The quantitative estimate of drug-likeness (QED) is 0.663. The molecule has 0 atom stereocenters. The third-order valence-electron chi connectivity index (χ3n) is 2.84. The summed E-state index contributed by atoms with van der Waals surface area (Å²) in [5, 5.41) is 12.4. The summed E-state index contributed by atoms with van der Waals surface area (Å²) in [6.45, 7) is 1.29. The smallest absolute Gasteiger partial charge is 0.221 e. The van der Waals surface area contributed by atoms with E-state index in [1.807, 2.05) is 0 Å². The van der Waals surface area contributed by atoms with Crippen LogP contribution in [-0.2, 0) is 4.79 Å². The molecule has 0 fully saturated rings. The Hall–Kier alpha value is -2.73. The number of allylic oxidation sites excluding steroid dienone is 1. The van der Waals surface area contributed by atoms with Crippen molar-refractivity contribution < 1.29 is 19.1 Å². The van der Waals surface area contributed by atoms with Gasteiger partial charge in [0.1, 0.15) is 11.6 Å². The molecule has 1 aromatic heterocycles. The highest BCUT2D eigenvalue weighted by molar-refractivity contribution is 6.34. The first-order valence-electron chi connectivity index (χ1n) is 6.51. The Morgan fingerprint density at radius 3 is 2.78 bits per heavy atom. The highest BCUT2D eigenvalue weighted by Gasteiger charge is 2.13. The number of anilines is 1. The van der Waals surface area contributed by atoms with Gasteiger partial charge in [0.2, 0.25) is 5.91 Å². The van der Waals surface area contributed by atoms with Crippen LogP contribution < -0.4 is 5.32 Å². The van der Waals surface area contributed by atoms with Crippen LogP contribution in [-0.4, -0.2) is 21.8 Å². The van der Waals surface area contributed by atoms with Crippen molar-refractivity contribution in [2.24, 2.45) is 0 Å². The number of ketones is 1. The van der Waals surface area contributed by atoms with E-state index in [1.165, 1.54) is 43.5 Å². The Balaban J connectivity index is 2.28. The van der Waals surface area contributed by atoms with Gasteiger partial charge in [-0.3, -0.25) is 14.6 Å². The number of hydrogen-bond acceptors (Lipinski definition) is 4. The van der Waals surface area contributed by atoms with Crippen LogP contribution >= 0.6 is 11.6 Å². The maximum atomic E-state index is 13.4. The monoisotopic (exact) mass is 334 g/mol. The molecule has 0 spiro atoms. The zero-order valence-electron chi connectivity index (χ0n) is 12.0. The van der Waals surface area contributed by atoms with E-state index in [1.54, 1.807) is 0 Å². The van der Waals surface area contributed by atoms with Gasteiger partial charge in [0.15, 0.2) is 5.78 Å². The number of aromatic nitrogens is 1. The summed E-state index contributed by atoms with van der Waals surface area (Å²) >= 11 is 5.96. The minimum absolute atomic E-state index is 0.00121. The van der Waals surface area contributed by atoms with Gasteiger partial charge in [-0.25, -0.2) is 4.39 Å². The number of rotatable bonds is 4. The van der Waals surface area contributed by atoms with Crippen molar-refractivity contribution in [2.75, 3.05) is 5.32 Å². The second kappa shape index (κ2) is 7.02. The molecule has 1 heterocycles. The van der Waals surface area contributed by atoms with Crippen LogP contribution in [0, 0.1) is 5.82 Å². The second-order valence-corrected chi connectivity index (χ2v) is 5.01. The molecular formula is C16H12ClFN2O3. The van der Waals surface area contributed by atoms with E-state index < -0.39 is 11.6 Å². The minimum Gasteiger partial charge on any atom is -0.507 e. The van der Waals surface area contributed by atoms with Crippen LogP contribution in [0.4, 0.5) is 10.1 Å². The van der Waals surface area contributed by atoms with E-state index >= 15 is 0 Å². The fourth-order valence-corrected chi connectivity index (χ4v) is 2.02. The standard InChI is InChI=1S/C16H12ClFN2O3/c1-9(21)20-14-8-16(23)10(7-11(14)17)15(22)5-4-13-12(18)3-2-6-19-13/h2-8,23H,1H3,(H,20,21). The van der Waals surface area contributed by atoms with Crippen LogP contribution in [0.1, 0.15) is 23.0 Å². The SMILES string of the molecule is CC(=O)Nc1cc(O)c(C(=O)C=Cc2ncccc2F)cc1Cl. The Kier molecular flexibility index (Phi) is 5.08. The molecule has 0 aliphatic heterocycles. The first-order valence-corrected chi connectivity index (χ1v) is 6.89. The number of nitrogens with zero attached hydrogens (tertiary/aromatic N) is 1. The molecule has 1 amide bonds. The third-order valence-corrected chi connectivity index (χ3v) is 3.15. The number of pyridine rings is 1. The normalized spacial score (nSPS) is 10.7. The molecule has 0 aliphatic rings. The van der Waals surface area contributed by atoms with Gasteiger partial charge in [0.05, 0.1) is 22.0 Å². The van der Waals surface area contributed by atoms with E-state index in [9.17, 15) is 19.1 Å².